The maximum Gasteiger partial charge on any atom is 0.247 e. The summed E-state index contributed by atoms with van der Waals surface area (Å²) in [5.74, 6) is 0.769. The van der Waals surface area contributed by atoms with Gasteiger partial charge in [-0.1, -0.05) is 12.1 Å². The van der Waals surface area contributed by atoms with E-state index < -0.39 is 0 Å². The largest absolute Gasteiger partial charge is 0.331 e. The summed E-state index contributed by atoms with van der Waals surface area (Å²) in [7, 11) is 0. The van der Waals surface area contributed by atoms with Crippen molar-refractivity contribution in [3.05, 3.63) is 71.6 Å². The summed E-state index contributed by atoms with van der Waals surface area (Å²) in [6.45, 7) is 0.751. The van der Waals surface area contributed by atoms with Crippen molar-refractivity contribution in [3.63, 3.8) is 0 Å². The molecule has 3 aromatic heterocycles. The van der Waals surface area contributed by atoms with Gasteiger partial charge >= 0.3 is 0 Å². The minimum absolute atomic E-state index is 0.00795. The summed E-state index contributed by atoms with van der Waals surface area (Å²) in [6, 6.07) is 9.50. The molecule has 7 heteroatoms. The van der Waals surface area contributed by atoms with Crippen LogP contribution in [0.25, 0.3) is 6.08 Å². The fourth-order valence-electron chi connectivity index (χ4n) is 3.12. The average molecular weight is 377 g/mol. The summed E-state index contributed by atoms with van der Waals surface area (Å²) >= 11 is 1.53. The lowest BCUT2D eigenvalue weighted by Gasteiger charge is -2.21. The SMILES string of the molecule is O=C(/C=C/c1cccnc1)N1CCC[C@@H]1c1csc(Nc2ccccn2)n1. The molecule has 27 heavy (non-hydrogen) atoms. The number of anilines is 2. The van der Waals surface area contributed by atoms with Gasteiger partial charge in [0.05, 0.1) is 11.7 Å². The monoisotopic (exact) mass is 377 g/mol. The summed E-state index contributed by atoms with van der Waals surface area (Å²) < 4.78 is 0. The van der Waals surface area contributed by atoms with Crippen LogP contribution in [0.3, 0.4) is 0 Å². The Hall–Kier alpha value is -3.06. The summed E-state index contributed by atoms with van der Waals surface area (Å²) in [6.07, 6.45) is 10.5. The van der Waals surface area contributed by atoms with Gasteiger partial charge in [0, 0.05) is 36.6 Å². The lowest BCUT2D eigenvalue weighted by atomic mass is 10.1. The molecular weight excluding hydrogens is 358 g/mol. The quantitative estimate of drug-likeness (QED) is 0.679. The van der Waals surface area contributed by atoms with Crippen molar-refractivity contribution in [1.82, 2.24) is 19.9 Å². The van der Waals surface area contributed by atoms with Crippen molar-refractivity contribution < 1.29 is 4.79 Å². The molecule has 1 fully saturated rings. The minimum atomic E-state index is 0.00795. The van der Waals surface area contributed by atoms with Crippen LogP contribution in [0.5, 0.6) is 0 Å². The molecule has 0 spiro atoms. The molecule has 136 valence electrons. The van der Waals surface area contributed by atoms with Gasteiger partial charge in [0.25, 0.3) is 0 Å². The molecule has 4 heterocycles. The first-order chi connectivity index (χ1) is 13.3. The molecule has 3 aromatic rings. The van der Waals surface area contributed by atoms with Crippen molar-refractivity contribution in [2.75, 3.05) is 11.9 Å². The highest BCUT2D eigenvalue weighted by molar-refractivity contribution is 7.13. The van der Waals surface area contributed by atoms with Gasteiger partial charge in [0.1, 0.15) is 5.82 Å². The number of pyridine rings is 2. The first-order valence-electron chi connectivity index (χ1n) is 8.82. The fourth-order valence-corrected chi connectivity index (χ4v) is 3.88. The van der Waals surface area contributed by atoms with E-state index in [2.05, 4.69) is 20.3 Å². The zero-order valence-electron chi connectivity index (χ0n) is 14.7. The summed E-state index contributed by atoms with van der Waals surface area (Å²) in [5, 5.41) is 6.02. The zero-order chi connectivity index (χ0) is 18.5. The van der Waals surface area contributed by atoms with Crippen molar-refractivity contribution in [2.24, 2.45) is 0 Å². The third-order valence-electron chi connectivity index (χ3n) is 4.40. The first-order valence-corrected chi connectivity index (χ1v) is 9.70. The Morgan fingerprint density at radius 2 is 2.22 bits per heavy atom. The Kier molecular flexibility index (Phi) is 5.20. The van der Waals surface area contributed by atoms with Crippen LogP contribution < -0.4 is 5.32 Å². The molecule has 1 aliphatic heterocycles. The van der Waals surface area contributed by atoms with Gasteiger partial charge in [-0.3, -0.25) is 9.78 Å². The minimum Gasteiger partial charge on any atom is -0.331 e. The highest BCUT2D eigenvalue weighted by Crippen LogP contribution is 2.34. The first kappa shape index (κ1) is 17.4. The molecular formula is C20H19N5OS. The highest BCUT2D eigenvalue weighted by atomic mass is 32.1. The van der Waals surface area contributed by atoms with Crippen LogP contribution in [0.2, 0.25) is 0 Å². The molecule has 1 N–H and O–H groups in total. The summed E-state index contributed by atoms with van der Waals surface area (Å²) in [4.78, 5) is 27.6. The van der Waals surface area contributed by atoms with Crippen LogP contribution in [0.1, 0.15) is 30.1 Å². The lowest BCUT2D eigenvalue weighted by Crippen LogP contribution is -2.29. The maximum atomic E-state index is 12.7. The summed E-state index contributed by atoms with van der Waals surface area (Å²) in [5.41, 5.74) is 1.84. The topological polar surface area (TPSA) is 71.0 Å². The zero-order valence-corrected chi connectivity index (χ0v) is 15.5. The number of amides is 1. The third-order valence-corrected chi connectivity index (χ3v) is 5.18. The van der Waals surface area contributed by atoms with E-state index in [9.17, 15) is 4.79 Å². The third kappa shape index (κ3) is 4.20. The Morgan fingerprint density at radius 3 is 3.04 bits per heavy atom. The number of nitrogens with one attached hydrogen (secondary N) is 1. The van der Waals surface area contributed by atoms with Gasteiger partial charge in [-0.05, 0) is 42.7 Å². The molecule has 1 amide bonds. The van der Waals surface area contributed by atoms with Crippen LogP contribution in [-0.2, 0) is 4.79 Å². The molecule has 0 aromatic carbocycles. The number of hydrogen-bond donors (Lipinski definition) is 1. The second kappa shape index (κ2) is 8.09. The van der Waals surface area contributed by atoms with Crippen LogP contribution in [0, 0.1) is 0 Å². The number of carbonyl (C=O) groups is 1. The van der Waals surface area contributed by atoms with Gasteiger partial charge < -0.3 is 10.2 Å². The molecule has 0 radical (unpaired) electrons. The van der Waals surface area contributed by atoms with E-state index in [-0.39, 0.29) is 11.9 Å². The maximum absolute atomic E-state index is 12.7. The van der Waals surface area contributed by atoms with Crippen molar-refractivity contribution in [3.8, 4) is 0 Å². The molecule has 0 unspecified atom stereocenters. The van der Waals surface area contributed by atoms with Crippen LogP contribution in [0.15, 0.2) is 60.4 Å². The smallest absolute Gasteiger partial charge is 0.247 e. The normalized spacial score (nSPS) is 16.7. The number of aromatic nitrogens is 3. The predicted molar refractivity (Wildman–Crippen MR) is 107 cm³/mol. The van der Waals surface area contributed by atoms with Gasteiger partial charge in [-0.15, -0.1) is 11.3 Å². The Balaban J connectivity index is 1.45. The van der Waals surface area contributed by atoms with Crippen molar-refractivity contribution in [2.45, 2.75) is 18.9 Å². The Morgan fingerprint density at radius 1 is 1.26 bits per heavy atom. The van der Waals surface area contributed by atoms with Gasteiger partial charge in [-0.2, -0.15) is 0 Å². The van der Waals surface area contributed by atoms with Gasteiger partial charge in [-0.25, -0.2) is 9.97 Å². The highest BCUT2D eigenvalue weighted by Gasteiger charge is 2.30. The van der Waals surface area contributed by atoms with Gasteiger partial charge in [0.2, 0.25) is 5.91 Å². The number of hydrogen-bond acceptors (Lipinski definition) is 6. The molecule has 1 saturated heterocycles. The van der Waals surface area contributed by atoms with Crippen molar-refractivity contribution in [1.29, 1.82) is 0 Å². The van der Waals surface area contributed by atoms with E-state index in [1.54, 1.807) is 30.7 Å². The molecule has 0 bridgehead atoms. The van der Waals surface area contributed by atoms with E-state index >= 15 is 0 Å². The van der Waals surface area contributed by atoms with Crippen LogP contribution >= 0.6 is 11.3 Å². The fraction of sp³-hybridized carbons (Fsp3) is 0.200. The van der Waals surface area contributed by atoms with E-state index in [1.165, 1.54) is 11.3 Å². The average Bonchev–Trinajstić information content (AvgIpc) is 3.37. The number of likely N-dealkylation sites (tertiary alicyclic amines) is 1. The van der Waals surface area contributed by atoms with E-state index in [4.69, 9.17) is 0 Å². The molecule has 6 nitrogen and oxygen atoms in total. The number of thiazole rings is 1. The molecule has 0 saturated carbocycles. The standard InChI is InChI=1S/C20H19N5OS/c26-19(9-8-15-5-3-10-21-13-15)25-12-4-6-17(25)16-14-27-20(23-16)24-18-7-1-2-11-22-18/h1-3,5,7-11,13-14,17H,4,6,12H2,(H,22,23,24)/b9-8+/t17-/m1/s1. The Bertz CT molecular complexity index is 926. The van der Waals surface area contributed by atoms with Crippen LogP contribution in [-0.4, -0.2) is 32.3 Å². The number of carbonyl (C=O) groups excluding carboxylic acids is 1. The molecule has 0 aliphatic carbocycles. The van der Waals surface area contributed by atoms with E-state index in [1.807, 2.05) is 40.6 Å². The number of rotatable bonds is 5. The van der Waals surface area contributed by atoms with Crippen LogP contribution in [0.4, 0.5) is 10.9 Å². The molecule has 1 aliphatic rings. The Labute approximate surface area is 161 Å². The molecule has 1 atom stereocenters. The van der Waals surface area contributed by atoms with Crippen molar-refractivity contribution >= 4 is 34.3 Å². The lowest BCUT2D eigenvalue weighted by molar-refractivity contribution is -0.126. The second-order valence-corrected chi connectivity index (χ2v) is 7.08. The molecule has 4 rings (SSSR count). The second-order valence-electron chi connectivity index (χ2n) is 6.23. The van der Waals surface area contributed by atoms with E-state index in [0.29, 0.717) is 0 Å². The van der Waals surface area contributed by atoms with E-state index in [0.717, 1.165) is 41.6 Å². The van der Waals surface area contributed by atoms with Gasteiger partial charge in [0.15, 0.2) is 5.13 Å². The number of nitrogens with zero attached hydrogens (tertiary/aromatic N) is 4. The predicted octanol–water partition coefficient (Wildman–Crippen LogP) is 4.05.